The smallest absolute Gasteiger partial charge is 0.241 e. The van der Waals surface area contributed by atoms with Crippen LogP contribution in [0.5, 0.6) is 0 Å². The fourth-order valence-corrected chi connectivity index (χ4v) is 5.45. The predicted molar refractivity (Wildman–Crippen MR) is 147 cm³/mol. The Balaban J connectivity index is 1.22. The van der Waals surface area contributed by atoms with E-state index in [9.17, 15) is 4.79 Å². The molecule has 0 fully saturated rings. The number of fused-ring (bicyclic) bond motifs is 3. The lowest BCUT2D eigenvalue weighted by Crippen LogP contribution is -2.28. The molecule has 0 spiro atoms. The van der Waals surface area contributed by atoms with Crippen LogP contribution < -0.4 is 4.90 Å². The fraction of sp³-hybridized carbons (Fsp3) is 0.167. The van der Waals surface area contributed by atoms with Crippen LogP contribution in [0.1, 0.15) is 22.3 Å². The number of aryl methyl sites for hydroxylation is 4. The van der Waals surface area contributed by atoms with Crippen molar-refractivity contribution in [2.75, 3.05) is 10.7 Å². The van der Waals surface area contributed by atoms with E-state index in [1.54, 1.807) is 0 Å². The number of aromatic nitrogens is 3. The third-order valence-corrected chi connectivity index (χ3v) is 7.76. The van der Waals surface area contributed by atoms with Gasteiger partial charge in [0.05, 0.1) is 33.2 Å². The Bertz CT molecular complexity index is 1500. The summed E-state index contributed by atoms with van der Waals surface area (Å²) in [6.07, 6.45) is 3.67. The highest BCUT2D eigenvalue weighted by Gasteiger charge is 2.25. The molecule has 3 aromatic carbocycles. The van der Waals surface area contributed by atoms with Gasteiger partial charge in [-0.1, -0.05) is 48.2 Å². The number of benzene rings is 3. The zero-order valence-electron chi connectivity index (χ0n) is 20.3. The lowest BCUT2D eigenvalue weighted by atomic mass is 10.0. The van der Waals surface area contributed by atoms with Gasteiger partial charge in [0.1, 0.15) is 5.82 Å². The van der Waals surface area contributed by atoms with Crippen LogP contribution in [0.2, 0.25) is 0 Å². The molecule has 0 unspecified atom stereocenters. The van der Waals surface area contributed by atoms with Gasteiger partial charge in [-0.3, -0.25) is 9.69 Å². The van der Waals surface area contributed by atoms with Crippen LogP contribution in [-0.2, 0) is 17.6 Å². The summed E-state index contributed by atoms with van der Waals surface area (Å²) in [7, 11) is 0. The normalized spacial score (nSPS) is 12.8. The van der Waals surface area contributed by atoms with Gasteiger partial charge in [-0.05, 0) is 85.3 Å². The number of anilines is 2. The van der Waals surface area contributed by atoms with Crippen molar-refractivity contribution >= 4 is 40.1 Å². The zero-order chi connectivity index (χ0) is 24.6. The molecule has 3 heterocycles. The van der Waals surface area contributed by atoms with E-state index in [4.69, 9.17) is 4.98 Å². The van der Waals surface area contributed by atoms with Crippen LogP contribution in [0.25, 0.3) is 22.4 Å². The average Bonchev–Trinajstić information content (AvgIpc) is 3.22. The van der Waals surface area contributed by atoms with Gasteiger partial charge in [-0.2, -0.15) is 0 Å². The van der Waals surface area contributed by atoms with Crippen LogP contribution in [0, 0.1) is 13.8 Å². The molecule has 6 heteroatoms. The number of H-pyrrole nitrogens is 1. The SMILES string of the molecule is Cc1cc2nc(-c3ccc(SCC(=O)N4c5ccccc5CCc5ccccc54)nc3)[nH]c2cc1C. The second-order valence-electron chi connectivity index (χ2n) is 9.20. The number of thioether (sulfide) groups is 1. The van der Waals surface area contributed by atoms with Crippen molar-refractivity contribution < 1.29 is 4.79 Å². The molecule has 0 saturated heterocycles. The molecular weight excluding hydrogens is 464 g/mol. The first-order valence-electron chi connectivity index (χ1n) is 12.1. The molecular formula is C30H26N4OS. The van der Waals surface area contributed by atoms with Crippen molar-refractivity contribution in [1.82, 2.24) is 15.0 Å². The molecule has 2 aromatic heterocycles. The standard InChI is InChI=1S/C30H26N4OS/c1-19-15-24-25(16-20(19)2)33-30(32-24)23-13-14-28(31-17-23)36-18-29(35)34-26-9-5-3-7-21(26)11-12-22-8-4-6-10-27(22)34/h3-10,13-17H,11-12,18H2,1-2H3,(H,32,33). The second-order valence-corrected chi connectivity index (χ2v) is 10.2. The molecule has 5 aromatic rings. The third-order valence-electron chi connectivity index (χ3n) is 6.83. The maximum Gasteiger partial charge on any atom is 0.241 e. The molecule has 6 rings (SSSR count). The minimum absolute atomic E-state index is 0.0516. The number of rotatable bonds is 4. The van der Waals surface area contributed by atoms with E-state index in [1.807, 2.05) is 59.6 Å². The van der Waals surface area contributed by atoms with Gasteiger partial charge in [0, 0.05) is 11.8 Å². The number of aromatic amines is 1. The first-order valence-corrected chi connectivity index (χ1v) is 13.1. The van der Waals surface area contributed by atoms with E-state index in [2.05, 4.69) is 48.1 Å². The third kappa shape index (κ3) is 4.18. The number of imidazole rings is 1. The summed E-state index contributed by atoms with van der Waals surface area (Å²) in [4.78, 5) is 28.2. The van der Waals surface area contributed by atoms with Crippen LogP contribution >= 0.6 is 11.8 Å². The summed E-state index contributed by atoms with van der Waals surface area (Å²) >= 11 is 1.46. The maximum absolute atomic E-state index is 13.6. The van der Waals surface area contributed by atoms with Crippen molar-refractivity contribution in [3.05, 3.63) is 101 Å². The second kappa shape index (κ2) is 9.28. The summed E-state index contributed by atoms with van der Waals surface area (Å²) in [5.41, 5.74) is 9.72. The average molecular weight is 491 g/mol. The minimum atomic E-state index is 0.0516. The molecule has 1 aliphatic heterocycles. The molecule has 178 valence electrons. The highest BCUT2D eigenvalue weighted by atomic mass is 32.2. The highest BCUT2D eigenvalue weighted by Crippen LogP contribution is 2.36. The van der Waals surface area contributed by atoms with Crippen molar-refractivity contribution in [3.8, 4) is 11.4 Å². The van der Waals surface area contributed by atoms with Crippen molar-refractivity contribution in [2.45, 2.75) is 31.7 Å². The molecule has 0 aliphatic carbocycles. The van der Waals surface area contributed by atoms with E-state index >= 15 is 0 Å². The summed E-state index contributed by atoms with van der Waals surface area (Å²) in [6.45, 7) is 4.20. The molecule has 0 atom stereocenters. The quantitative estimate of drug-likeness (QED) is 0.282. The molecule has 1 N–H and O–H groups in total. The molecule has 1 aliphatic rings. The predicted octanol–water partition coefficient (Wildman–Crippen LogP) is 6.80. The molecule has 0 bridgehead atoms. The van der Waals surface area contributed by atoms with Crippen LogP contribution in [0.4, 0.5) is 11.4 Å². The Kier molecular flexibility index (Phi) is 5.82. The number of nitrogens with one attached hydrogen (secondary N) is 1. The molecule has 0 radical (unpaired) electrons. The van der Waals surface area contributed by atoms with E-state index in [0.29, 0.717) is 5.75 Å². The van der Waals surface area contributed by atoms with E-state index < -0.39 is 0 Å². The largest absolute Gasteiger partial charge is 0.338 e. The Morgan fingerprint density at radius 1 is 0.917 bits per heavy atom. The van der Waals surface area contributed by atoms with Crippen LogP contribution in [-0.4, -0.2) is 26.6 Å². The Morgan fingerprint density at radius 3 is 2.25 bits per heavy atom. The molecule has 0 saturated carbocycles. The number of para-hydroxylation sites is 2. The van der Waals surface area contributed by atoms with Gasteiger partial charge >= 0.3 is 0 Å². The summed E-state index contributed by atoms with van der Waals surface area (Å²) in [5, 5.41) is 0.811. The summed E-state index contributed by atoms with van der Waals surface area (Å²) in [5.74, 6) is 1.15. The van der Waals surface area contributed by atoms with Crippen molar-refractivity contribution in [3.63, 3.8) is 0 Å². The first-order chi connectivity index (χ1) is 17.6. The lowest BCUT2D eigenvalue weighted by Gasteiger charge is -2.24. The Labute approximate surface area is 214 Å². The van der Waals surface area contributed by atoms with Gasteiger partial charge < -0.3 is 4.98 Å². The van der Waals surface area contributed by atoms with E-state index in [1.165, 1.54) is 34.0 Å². The number of nitrogens with zero attached hydrogens (tertiary/aromatic N) is 3. The summed E-state index contributed by atoms with van der Waals surface area (Å²) < 4.78 is 0. The van der Waals surface area contributed by atoms with Gasteiger partial charge in [-0.15, -0.1) is 0 Å². The lowest BCUT2D eigenvalue weighted by molar-refractivity contribution is -0.115. The zero-order valence-corrected chi connectivity index (χ0v) is 21.1. The van der Waals surface area contributed by atoms with E-state index in [0.717, 1.165) is 51.7 Å². The number of hydrogen-bond donors (Lipinski definition) is 1. The van der Waals surface area contributed by atoms with Gasteiger partial charge in [0.2, 0.25) is 5.91 Å². The van der Waals surface area contributed by atoms with Crippen molar-refractivity contribution in [1.29, 1.82) is 0 Å². The number of hydrogen-bond acceptors (Lipinski definition) is 4. The molecule has 5 nitrogen and oxygen atoms in total. The maximum atomic E-state index is 13.6. The Morgan fingerprint density at radius 2 is 1.58 bits per heavy atom. The summed E-state index contributed by atoms with van der Waals surface area (Å²) in [6, 6.07) is 24.6. The Hall–Kier alpha value is -3.90. The topological polar surface area (TPSA) is 61.9 Å². The highest BCUT2D eigenvalue weighted by molar-refractivity contribution is 7.99. The molecule has 36 heavy (non-hydrogen) atoms. The van der Waals surface area contributed by atoms with Crippen molar-refractivity contribution in [2.24, 2.45) is 0 Å². The molecule has 1 amide bonds. The van der Waals surface area contributed by atoms with Gasteiger partial charge in [-0.25, -0.2) is 9.97 Å². The number of amides is 1. The van der Waals surface area contributed by atoms with Gasteiger partial charge in [0.15, 0.2) is 0 Å². The van der Waals surface area contributed by atoms with Gasteiger partial charge in [0.25, 0.3) is 0 Å². The number of carbonyl (C=O) groups is 1. The monoisotopic (exact) mass is 490 g/mol. The number of carbonyl (C=O) groups excluding carboxylic acids is 1. The fourth-order valence-electron chi connectivity index (χ4n) is 4.76. The van der Waals surface area contributed by atoms with Crippen LogP contribution in [0.3, 0.4) is 0 Å². The first kappa shape index (κ1) is 22.6. The van der Waals surface area contributed by atoms with E-state index in [-0.39, 0.29) is 5.91 Å². The number of pyridine rings is 1. The van der Waals surface area contributed by atoms with Crippen LogP contribution in [0.15, 0.2) is 84.0 Å². The minimum Gasteiger partial charge on any atom is -0.338 e.